The first kappa shape index (κ1) is 20.5. The fourth-order valence-electron chi connectivity index (χ4n) is 3.67. The molecule has 10 heteroatoms. The van der Waals surface area contributed by atoms with Crippen LogP contribution < -0.4 is 16.4 Å². The molecule has 2 aromatic rings. The number of primary amides is 1. The quantitative estimate of drug-likeness (QED) is 0.611. The number of halogens is 5. The van der Waals surface area contributed by atoms with Crippen molar-refractivity contribution in [1.29, 1.82) is 0 Å². The molecule has 1 fully saturated rings. The summed E-state index contributed by atoms with van der Waals surface area (Å²) in [5.74, 6) is -4.26. The maximum absolute atomic E-state index is 14.0. The predicted octanol–water partition coefficient (Wildman–Crippen LogP) is 4.72. The summed E-state index contributed by atoms with van der Waals surface area (Å²) in [6, 6.07) is 0.349. The Kier molecular flexibility index (Phi) is 5.90. The van der Waals surface area contributed by atoms with Gasteiger partial charge in [-0.2, -0.15) is 0 Å². The first-order chi connectivity index (χ1) is 13.2. The van der Waals surface area contributed by atoms with E-state index in [-0.39, 0.29) is 21.3 Å². The first-order valence-corrected chi connectivity index (χ1v) is 9.28. The minimum absolute atomic E-state index is 0.103. The molecule has 28 heavy (non-hydrogen) atoms. The van der Waals surface area contributed by atoms with Gasteiger partial charge < -0.3 is 16.4 Å². The fraction of sp³-hybridized carbons (Fsp3) is 0.333. The Hall–Kier alpha value is -2.19. The van der Waals surface area contributed by atoms with Crippen molar-refractivity contribution in [2.75, 3.05) is 5.32 Å². The van der Waals surface area contributed by atoms with Crippen molar-refractivity contribution in [3.63, 3.8) is 0 Å². The number of carbonyl (C=O) groups is 1. The molecule has 5 nitrogen and oxygen atoms in total. The molecule has 1 aliphatic carbocycles. The van der Waals surface area contributed by atoms with Gasteiger partial charge in [-0.1, -0.05) is 36.0 Å². The van der Waals surface area contributed by atoms with Crippen molar-refractivity contribution < 1.29 is 18.0 Å². The molecule has 0 radical (unpaired) electrons. The van der Waals surface area contributed by atoms with Crippen molar-refractivity contribution in [3.8, 4) is 0 Å². The van der Waals surface area contributed by atoms with E-state index in [1.807, 2.05) is 0 Å². The monoisotopic (exact) mass is 432 g/mol. The van der Waals surface area contributed by atoms with E-state index >= 15 is 0 Å². The third-order valence-electron chi connectivity index (χ3n) is 4.93. The lowest BCUT2D eigenvalue weighted by atomic mass is 9.72. The molecular weight excluding hydrogens is 416 g/mol. The summed E-state index contributed by atoms with van der Waals surface area (Å²) in [5, 5.41) is 6.12. The van der Waals surface area contributed by atoms with E-state index in [1.165, 1.54) is 12.4 Å². The second-order valence-electron chi connectivity index (χ2n) is 6.64. The number of urea groups is 1. The molecule has 150 valence electrons. The zero-order valence-electron chi connectivity index (χ0n) is 14.5. The van der Waals surface area contributed by atoms with Gasteiger partial charge in [-0.05, 0) is 30.5 Å². The van der Waals surface area contributed by atoms with E-state index in [0.717, 1.165) is 18.6 Å². The predicted molar refractivity (Wildman–Crippen MR) is 101 cm³/mol. The Morgan fingerprint density at radius 3 is 2.32 bits per heavy atom. The highest BCUT2D eigenvalue weighted by molar-refractivity contribution is 6.38. The molecule has 0 aliphatic heterocycles. The minimum atomic E-state index is -1.57. The Balaban J connectivity index is 2.19. The van der Waals surface area contributed by atoms with E-state index in [1.54, 1.807) is 0 Å². The number of nitrogens with zero attached hydrogens (tertiary/aromatic N) is 1. The molecule has 0 bridgehead atoms. The smallest absolute Gasteiger partial charge is 0.312 e. The molecule has 2 atom stereocenters. The zero-order chi connectivity index (χ0) is 20.5. The largest absolute Gasteiger partial charge is 0.371 e. The lowest BCUT2D eigenvalue weighted by Gasteiger charge is -2.46. The third kappa shape index (κ3) is 3.84. The summed E-state index contributed by atoms with van der Waals surface area (Å²) >= 11 is 12.4. The number of anilines is 1. The van der Waals surface area contributed by atoms with E-state index in [4.69, 9.17) is 28.9 Å². The van der Waals surface area contributed by atoms with Gasteiger partial charge >= 0.3 is 6.03 Å². The van der Waals surface area contributed by atoms with Gasteiger partial charge in [-0.15, -0.1) is 0 Å². The van der Waals surface area contributed by atoms with Crippen molar-refractivity contribution in [3.05, 3.63) is 57.6 Å². The second-order valence-corrected chi connectivity index (χ2v) is 7.45. The highest BCUT2D eigenvalue weighted by Crippen LogP contribution is 2.44. The van der Waals surface area contributed by atoms with Crippen LogP contribution in [0.25, 0.3) is 0 Å². The van der Waals surface area contributed by atoms with Crippen LogP contribution in [0.15, 0.2) is 24.5 Å². The summed E-state index contributed by atoms with van der Waals surface area (Å²) < 4.78 is 41.6. The lowest BCUT2D eigenvalue weighted by molar-refractivity contribution is 0.215. The molecule has 2 amide bonds. The number of hydrogen-bond acceptors (Lipinski definition) is 3. The Bertz CT molecular complexity index is 871. The summed E-state index contributed by atoms with van der Waals surface area (Å²) in [6.45, 7) is 0. The molecule has 1 saturated carbocycles. The van der Waals surface area contributed by atoms with Crippen LogP contribution in [0.5, 0.6) is 0 Å². The van der Waals surface area contributed by atoms with E-state index in [2.05, 4.69) is 15.6 Å². The summed E-state index contributed by atoms with van der Waals surface area (Å²) in [5.41, 5.74) is 4.47. The Labute approximate surface area is 169 Å². The van der Waals surface area contributed by atoms with Crippen molar-refractivity contribution >= 4 is 34.9 Å². The average molecular weight is 433 g/mol. The van der Waals surface area contributed by atoms with Crippen LogP contribution in [-0.4, -0.2) is 17.1 Å². The van der Waals surface area contributed by atoms with Gasteiger partial charge in [0.25, 0.3) is 0 Å². The second kappa shape index (κ2) is 8.05. The number of hydrogen-bond donors (Lipinski definition) is 3. The Morgan fingerprint density at radius 1 is 1.14 bits per heavy atom. The van der Waals surface area contributed by atoms with Crippen LogP contribution in [0.1, 0.15) is 31.2 Å². The summed E-state index contributed by atoms with van der Waals surface area (Å²) in [4.78, 5) is 15.5. The molecule has 3 rings (SSSR count). The topological polar surface area (TPSA) is 80.0 Å². The van der Waals surface area contributed by atoms with Gasteiger partial charge in [0.05, 0.1) is 27.3 Å². The van der Waals surface area contributed by atoms with Gasteiger partial charge in [0, 0.05) is 12.4 Å². The number of amides is 2. The summed E-state index contributed by atoms with van der Waals surface area (Å²) in [7, 11) is 0. The van der Waals surface area contributed by atoms with Crippen molar-refractivity contribution in [2.45, 2.75) is 37.3 Å². The van der Waals surface area contributed by atoms with Gasteiger partial charge in [0.2, 0.25) is 0 Å². The highest BCUT2D eigenvalue weighted by Gasteiger charge is 2.44. The van der Waals surface area contributed by atoms with Crippen LogP contribution in [0, 0.1) is 17.5 Å². The Morgan fingerprint density at radius 2 is 1.75 bits per heavy atom. The lowest BCUT2D eigenvalue weighted by Crippen LogP contribution is -2.57. The molecular formula is C18H17Cl2F3N4O. The standard InChI is InChI=1S/C18H17Cl2F3N4O/c19-10-7-25-8-11(20)16(10)27-18(4-2-1-3-14(18)26-17(24)28)9-5-12(21)15(23)13(22)6-9/h5-8,14H,1-4H2,(H,25,27)(H3,24,26,28). The summed E-state index contributed by atoms with van der Waals surface area (Å²) in [6.07, 6.45) is 4.96. The maximum Gasteiger partial charge on any atom is 0.312 e. The first-order valence-electron chi connectivity index (χ1n) is 8.53. The highest BCUT2D eigenvalue weighted by atomic mass is 35.5. The molecule has 1 heterocycles. The van der Waals surface area contributed by atoms with E-state index < -0.39 is 35.1 Å². The average Bonchev–Trinajstić information content (AvgIpc) is 2.63. The number of benzene rings is 1. The number of aromatic nitrogens is 1. The number of nitrogens with two attached hydrogens (primary N) is 1. The van der Waals surface area contributed by atoms with Crippen LogP contribution in [0.3, 0.4) is 0 Å². The molecule has 1 aliphatic rings. The molecule has 4 N–H and O–H groups in total. The van der Waals surface area contributed by atoms with Crippen LogP contribution in [0.2, 0.25) is 10.0 Å². The third-order valence-corrected chi connectivity index (χ3v) is 5.50. The molecule has 0 spiro atoms. The minimum Gasteiger partial charge on any atom is -0.371 e. The molecule has 1 aromatic heterocycles. The van der Waals surface area contributed by atoms with E-state index in [9.17, 15) is 18.0 Å². The molecule has 2 unspecified atom stereocenters. The fourth-order valence-corrected chi connectivity index (χ4v) is 4.13. The molecule has 0 saturated heterocycles. The number of rotatable bonds is 4. The number of carbonyl (C=O) groups excluding carboxylic acids is 1. The van der Waals surface area contributed by atoms with Gasteiger partial charge in [0.15, 0.2) is 17.5 Å². The normalized spacial score (nSPS) is 22.0. The maximum atomic E-state index is 14.0. The van der Waals surface area contributed by atoms with Crippen molar-refractivity contribution in [2.24, 2.45) is 5.73 Å². The van der Waals surface area contributed by atoms with Crippen molar-refractivity contribution in [1.82, 2.24) is 10.3 Å². The van der Waals surface area contributed by atoms with Gasteiger partial charge in [-0.25, -0.2) is 18.0 Å². The van der Waals surface area contributed by atoms with Gasteiger partial charge in [0.1, 0.15) is 0 Å². The van der Waals surface area contributed by atoms with E-state index in [0.29, 0.717) is 19.3 Å². The van der Waals surface area contributed by atoms with Gasteiger partial charge in [-0.3, -0.25) is 4.98 Å². The van der Waals surface area contributed by atoms with Crippen LogP contribution >= 0.6 is 23.2 Å². The van der Waals surface area contributed by atoms with Crippen LogP contribution in [-0.2, 0) is 5.54 Å². The number of nitrogens with one attached hydrogen (secondary N) is 2. The SMILES string of the molecule is NC(=O)NC1CCCCC1(Nc1c(Cl)cncc1Cl)c1cc(F)c(F)c(F)c1. The zero-order valence-corrected chi connectivity index (χ0v) is 16.0. The number of pyridine rings is 1. The van der Waals surface area contributed by atoms with Crippen LogP contribution in [0.4, 0.5) is 23.7 Å². The molecule has 1 aromatic carbocycles.